The van der Waals surface area contributed by atoms with Gasteiger partial charge in [0.25, 0.3) is 0 Å². The van der Waals surface area contributed by atoms with E-state index in [1.807, 2.05) is 0 Å². The van der Waals surface area contributed by atoms with Crippen molar-refractivity contribution in [1.29, 1.82) is 0 Å². The maximum absolute atomic E-state index is 12.7. The van der Waals surface area contributed by atoms with Crippen LogP contribution in [0.2, 0.25) is 0 Å². The Bertz CT molecular complexity index is 531. The summed E-state index contributed by atoms with van der Waals surface area (Å²) < 4.78 is 59.9. The molecule has 1 aromatic rings. The van der Waals surface area contributed by atoms with Crippen molar-refractivity contribution in [1.82, 2.24) is 0 Å². The van der Waals surface area contributed by atoms with E-state index in [2.05, 4.69) is 15.9 Å². The third-order valence-corrected chi connectivity index (χ3v) is 4.80. The average Bonchev–Trinajstić information content (AvgIpc) is 2.13. The fraction of sp³-hybridized carbons (Fsp3) is 0.333. The Hall–Kier alpha value is 0.0800. The lowest BCUT2D eigenvalue weighted by molar-refractivity contribution is -0.139. The molecule has 9 heteroatoms. The van der Waals surface area contributed by atoms with Crippen molar-refractivity contribution in [2.45, 2.75) is 11.1 Å². The lowest BCUT2D eigenvalue weighted by Crippen LogP contribution is -2.07. The summed E-state index contributed by atoms with van der Waals surface area (Å²) in [5.41, 5.74) is -0.789. The molecule has 0 amide bonds. The van der Waals surface area contributed by atoms with E-state index >= 15 is 0 Å². The highest BCUT2D eigenvalue weighted by molar-refractivity contribution is 9.10. The van der Waals surface area contributed by atoms with Crippen LogP contribution in [0.25, 0.3) is 0 Å². The molecule has 0 aliphatic heterocycles. The number of hydrogen-bond acceptors (Lipinski definition) is 3. The number of hydrogen-bond donors (Lipinski definition) is 0. The summed E-state index contributed by atoms with van der Waals surface area (Å²) in [4.78, 5) is -0.0304. The first-order chi connectivity index (χ1) is 8.09. The van der Waals surface area contributed by atoms with Gasteiger partial charge in [0.05, 0.1) is 11.3 Å². The number of benzene rings is 1. The lowest BCUT2D eigenvalue weighted by Gasteiger charge is -2.12. The summed E-state index contributed by atoms with van der Waals surface area (Å²) in [6.45, 7) is 0. The summed E-state index contributed by atoms with van der Waals surface area (Å²) >= 11 is 3.87. The monoisotopic (exact) mass is 382 g/mol. The minimum Gasteiger partial charge on any atom is -0.212 e. The molecular weight excluding hydrogens is 377 g/mol. The molecule has 18 heavy (non-hydrogen) atoms. The van der Waals surface area contributed by atoms with E-state index in [9.17, 15) is 21.6 Å². The zero-order valence-electron chi connectivity index (χ0n) is 8.67. The van der Waals surface area contributed by atoms with Crippen molar-refractivity contribution < 1.29 is 21.6 Å². The Morgan fingerprint density at radius 3 is 2.44 bits per heavy atom. The normalized spacial score (nSPS) is 12.7. The molecule has 0 radical (unpaired) electrons. The molecule has 0 atom stereocenters. The third kappa shape index (κ3) is 5.38. The molecule has 1 aromatic carbocycles. The number of thioether (sulfide) groups is 1. The van der Waals surface area contributed by atoms with Crippen molar-refractivity contribution >= 4 is 47.4 Å². The molecule has 2 nitrogen and oxygen atoms in total. The highest BCUT2D eigenvalue weighted by atomic mass is 79.9. The highest BCUT2D eigenvalue weighted by Gasteiger charge is 2.33. The van der Waals surface area contributed by atoms with E-state index in [-0.39, 0.29) is 16.4 Å². The first-order valence-electron chi connectivity index (χ1n) is 4.51. The highest BCUT2D eigenvalue weighted by Crippen LogP contribution is 2.38. The van der Waals surface area contributed by atoms with Gasteiger partial charge in [0.2, 0.25) is 9.05 Å². The van der Waals surface area contributed by atoms with Crippen LogP contribution in [0.15, 0.2) is 27.6 Å². The van der Waals surface area contributed by atoms with Crippen LogP contribution in [0, 0.1) is 0 Å². The second-order valence-electron chi connectivity index (χ2n) is 3.23. The molecule has 0 aromatic heterocycles. The minimum atomic E-state index is -4.47. The summed E-state index contributed by atoms with van der Waals surface area (Å²) in [7, 11) is 1.29. The summed E-state index contributed by atoms with van der Waals surface area (Å²) in [6.07, 6.45) is -4.47. The van der Waals surface area contributed by atoms with Crippen molar-refractivity contribution in [2.24, 2.45) is 0 Å². The van der Waals surface area contributed by atoms with Crippen LogP contribution in [-0.2, 0) is 15.2 Å². The second kappa shape index (κ2) is 6.02. The van der Waals surface area contributed by atoms with Gasteiger partial charge in [-0.25, -0.2) is 8.42 Å². The predicted molar refractivity (Wildman–Crippen MR) is 69.5 cm³/mol. The maximum Gasteiger partial charge on any atom is 0.417 e. The van der Waals surface area contributed by atoms with Gasteiger partial charge in [-0.05, 0) is 18.2 Å². The first-order valence-corrected chi connectivity index (χ1v) is 8.77. The summed E-state index contributed by atoms with van der Waals surface area (Å²) in [5.74, 6) is -0.422. The van der Waals surface area contributed by atoms with Gasteiger partial charge < -0.3 is 0 Å². The molecular formula is C9H7BrClF3O2S2. The Morgan fingerprint density at radius 2 is 1.94 bits per heavy atom. The predicted octanol–water partition coefficient (Wildman–Crippen LogP) is 4.13. The molecule has 0 unspecified atom stereocenters. The standard InChI is InChI=1S/C9H7BrClF3O2S2/c10-6-1-2-7(9(12,13)14)8(5-6)17-3-4-18(11,15)16/h1-2,5H,3-4H2. The van der Waals surface area contributed by atoms with Crippen LogP contribution >= 0.6 is 38.4 Å². The second-order valence-corrected chi connectivity index (χ2v) is 8.18. The Balaban J connectivity index is 2.90. The van der Waals surface area contributed by atoms with Crippen LogP contribution in [0.4, 0.5) is 13.2 Å². The van der Waals surface area contributed by atoms with Crippen molar-refractivity contribution in [3.63, 3.8) is 0 Å². The molecule has 0 aliphatic rings. The van der Waals surface area contributed by atoms with Gasteiger partial charge in [-0.15, -0.1) is 11.8 Å². The largest absolute Gasteiger partial charge is 0.417 e. The third-order valence-electron chi connectivity index (χ3n) is 1.83. The topological polar surface area (TPSA) is 34.1 Å². The Kier molecular flexibility index (Phi) is 5.40. The molecule has 102 valence electrons. The molecule has 0 fully saturated rings. The van der Waals surface area contributed by atoms with Crippen LogP contribution < -0.4 is 0 Å². The van der Waals surface area contributed by atoms with Gasteiger partial charge in [-0.3, -0.25) is 0 Å². The van der Waals surface area contributed by atoms with Crippen LogP contribution in [0.3, 0.4) is 0 Å². The van der Waals surface area contributed by atoms with Crippen LogP contribution in [0.5, 0.6) is 0 Å². The van der Waals surface area contributed by atoms with Crippen molar-refractivity contribution in [3.8, 4) is 0 Å². The van der Waals surface area contributed by atoms with Crippen molar-refractivity contribution in [3.05, 3.63) is 28.2 Å². The Morgan fingerprint density at radius 1 is 1.33 bits per heavy atom. The number of alkyl halides is 3. The summed E-state index contributed by atoms with van der Waals surface area (Å²) in [6, 6.07) is 3.53. The van der Waals surface area contributed by atoms with Gasteiger partial charge in [0.15, 0.2) is 0 Å². The molecule has 0 saturated carbocycles. The van der Waals surface area contributed by atoms with Crippen molar-refractivity contribution in [2.75, 3.05) is 11.5 Å². The molecule has 0 aliphatic carbocycles. The van der Waals surface area contributed by atoms with Crippen LogP contribution in [-0.4, -0.2) is 19.9 Å². The SMILES string of the molecule is O=S(=O)(Cl)CCSc1cc(Br)ccc1C(F)(F)F. The average molecular weight is 384 g/mol. The zero-order valence-corrected chi connectivity index (χ0v) is 12.6. The smallest absolute Gasteiger partial charge is 0.212 e. The molecule has 0 N–H and O–H groups in total. The van der Waals surface area contributed by atoms with Gasteiger partial charge in [-0.2, -0.15) is 13.2 Å². The number of halogens is 5. The van der Waals surface area contributed by atoms with Gasteiger partial charge in [-0.1, -0.05) is 15.9 Å². The Labute approximate surface area is 119 Å². The fourth-order valence-corrected chi connectivity index (χ4v) is 4.08. The van der Waals surface area contributed by atoms with E-state index in [0.717, 1.165) is 17.8 Å². The molecule has 0 heterocycles. The minimum absolute atomic E-state index is 0.0304. The van der Waals surface area contributed by atoms with E-state index in [4.69, 9.17) is 10.7 Å². The first kappa shape index (κ1) is 16.1. The maximum atomic E-state index is 12.7. The molecule has 1 rings (SSSR count). The van der Waals surface area contributed by atoms with Gasteiger partial charge in [0, 0.05) is 25.8 Å². The van der Waals surface area contributed by atoms with Crippen LogP contribution in [0.1, 0.15) is 5.56 Å². The quantitative estimate of drug-likeness (QED) is 0.579. The number of rotatable bonds is 4. The van der Waals surface area contributed by atoms with E-state index in [0.29, 0.717) is 4.47 Å². The zero-order chi connectivity index (χ0) is 14.0. The van der Waals surface area contributed by atoms with E-state index < -0.39 is 20.8 Å². The molecule has 0 bridgehead atoms. The fourth-order valence-electron chi connectivity index (χ4n) is 1.10. The van der Waals surface area contributed by atoms with Gasteiger partial charge in [0.1, 0.15) is 0 Å². The van der Waals surface area contributed by atoms with Gasteiger partial charge >= 0.3 is 6.18 Å². The van der Waals surface area contributed by atoms with E-state index in [1.54, 1.807) is 0 Å². The molecule has 0 saturated heterocycles. The molecule has 0 spiro atoms. The lowest BCUT2D eigenvalue weighted by atomic mass is 10.2. The van der Waals surface area contributed by atoms with E-state index in [1.165, 1.54) is 12.1 Å². The summed E-state index contributed by atoms with van der Waals surface area (Å²) in [5, 5.41) is 0.